The maximum absolute atomic E-state index is 11.0. The number of methoxy groups -OCH3 is 1. The van der Waals surface area contributed by atoms with Crippen molar-refractivity contribution in [2.24, 2.45) is 0 Å². The van der Waals surface area contributed by atoms with Crippen LogP contribution in [0.25, 0.3) is 0 Å². The molecule has 4 nitrogen and oxygen atoms in total. The van der Waals surface area contributed by atoms with E-state index in [0.29, 0.717) is 11.3 Å². The van der Waals surface area contributed by atoms with Crippen molar-refractivity contribution in [1.29, 1.82) is 0 Å². The molecule has 0 unspecified atom stereocenters. The summed E-state index contributed by atoms with van der Waals surface area (Å²) in [4.78, 5) is 0. The van der Waals surface area contributed by atoms with Gasteiger partial charge in [0.25, 0.3) is 0 Å². The van der Waals surface area contributed by atoms with Crippen LogP contribution in [0, 0.1) is 13.8 Å². The minimum Gasteiger partial charge on any atom is -0.507 e. The molecule has 90 valence electrons. The van der Waals surface area contributed by atoms with Gasteiger partial charge in [0, 0.05) is 16.2 Å². The number of hydrogen-bond acceptors (Lipinski definition) is 4. The summed E-state index contributed by atoms with van der Waals surface area (Å²) in [5, 5.41) is 9.78. The van der Waals surface area contributed by atoms with Crippen molar-refractivity contribution < 1.29 is 18.3 Å². The van der Waals surface area contributed by atoms with Gasteiger partial charge in [-0.2, -0.15) is 0 Å². The Bertz CT molecular complexity index is 508. The zero-order valence-corrected chi connectivity index (χ0v) is 10.8. The predicted octanol–water partition coefficient (Wildman–Crippen LogP) is 2.09. The second-order valence-corrected chi connectivity index (χ2v) is 6.30. The van der Waals surface area contributed by atoms with Crippen LogP contribution in [0.1, 0.15) is 16.7 Å². The Hall–Kier alpha value is -0.940. The highest BCUT2D eigenvalue weighted by Crippen LogP contribution is 2.33. The van der Waals surface area contributed by atoms with Crippen molar-refractivity contribution in [3.8, 4) is 11.5 Å². The lowest BCUT2D eigenvalue weighted by atomic mass is 10.0. The maximum Gasteiger partial charge on any atom is 0.236 e. The first-order valence-electron chi connectivity index (χ1n) is 4.54. The van der Waals surface area contributed by atoms with E-state index >= 15 is 0 Å². The molecule has 0 atom stereocenters. The average molecular weight is 265 g/mol. The molecule has 0 saturated heterocycles. The van der Waals surface area contributed by atoms with Gasteiger partial charge in [-0.15, -0.1) is 0 Å². The van der Waals surface area contributed by atoms with Gasteiger partial charge in [0.1, 0.15) is 11.5 Å². The molecule has 0 heterocycles. The maximum atomic E-state index is 11.0. The smallest absolute Gasteiger partial charge is 0.236 e. The van der Waals surface area contributed by atoms with Gasteiger partial charge in [-0.25, -0.2) is 8.42 Å². The third-order valence-corrected chi connectivity index (χ3v) is 3.43. The summed E-state index contributed by atoms with van der Waals surface area (Å²) < 4.78 is 27.0. The number of ether oxygens (including phenoxy) is 1. The van der Waals surface area contributed by atoms with Crippen LogP contribution in [0.2, 0.25) is 0 Å². The molecule has 0 aliphatic carbocycles. The SMILES string of the molecule is COc1cc(CS(=O)(=O)Cl)c(O)c(C)c1C. The summed E-state index contributed by atoms with van der Waals surface area (Å²) in [6.45, 7) is 3.48. The fourth-order valence-corrected chi connectivity index (χ4v) is 2.39. The topological polar surface area (TPSA) is 63.6 Å². The lowest BCUT2D eigenvalue weighted by Crippen LogP contribution is -2.00. The highest BCUT2D eigenvalue weighted by molar-refractivity contribution is 8.13. The Morgan fingerprint density at radius 2 is 1.94 bits per heavy atom. The Morgan fingerprint density at radius 3 is 2.38 bits per heavy atom. The summed E-state index contributed by atoms with van der Waals surface area (Å²) in [6.07, 6.45) is 0. The monoisotopic (exact) mass is 264 g/mol. The Kier molecular flexibility index (Phi) is 3.70. The molecule has 0 amide bonds. The van der Waals surface area contributed by atoms with Crippen LogP contribution >= 0.6 is 10.7 Å². The fraction of sp³-hybridized carbons (Fsp3) is 0.400. The van der Waals surface area contributed by atoms with Gasteiger partial charge in [-0.3, -0.25) is 0 Å². The van der Waals surface area contributed by atoms with Crippen LogP contribution in [0.4, 0.5) is 0 Å². The predicted molar refractivity (Wildman–Crippen MR) is 62.6 cm³/mol. The minimum atomic E-state index is -3.70. The number of phenolic OH excluding ortho intramolecular Hbond substituents is 1. The third kappa shape index (κ3) is 2.80. The van der Waals surface area contributed by atoms with Crippen molar-refractivity contribution in [2.45, 2.75) is 19.6 Å². The van der Waals surface area contributed by atoms with E-state index < -0.39 is 14.8 Å². The van der Waals surface area contributed by atoms with Gasteiger partial charge in [0.05, 0.1) is 12.9 Å². The highest BCUT2D eigenvalue weighted by atomic mass is 35.7. The third-order valence-electron chi connectivity index (χ3n) is 2.44. The molecule has 0 aliphatic rings. The van der Waals surface area contributed by atoms with Gasteiger partial charge < -0.3 is 9.84 Å². The first-order chi connectivity index (χ1) is 7.26. The molecule has 0 aliphatic heterocycles. The van der Waals surface area contributed by atoms with Crippen molar-refractivity contribution in [2.75, 3.05) is 7.11 Å². The largest absolute Gasteiger partial charge is 0.507 e. The second kappa shape index (κ2) is 4.51. The van der Waals surface area contributed by atoms with Crippen LogP contribution in [0.5, 0.6) is 11.5 Å². The van der Waals surface area contributed by atoms with Crippen LogP contribution in [0.3, 0.4) is 0 Å². The molecule has 0 bridgehead atoms. The second-order valence-electron chi connectivity index (χ2n) is 3.52. The van der Waals surface area contributed by atoms with Gasteiger partial charge in [0.15, 0.2) is 0 Å². The summed E-state index contributed by atoms with van der Waals surface area (Å²) in [7, 11) is 2.93. The molecule has 1 aromatic carbocycles. The van der Waals surface area contributed by atoms with Crippen molar-refractivity contribution >= 4 is 19.7 Å². The van der Waals surface area contributed by atoms with Crippen molar-refractivity contribution in [1.82, 2.24) is 0 Å². The van der Waals surface area contributed by atoms with Crippen LogP contribution in [-0.4, -0.2) is 20.6 Å². The summed E-state index contributed by atoms with van der Waals surface area (Å²) in [6, 6.07) is 1.48. The summed E-state index contributed by atoms with van der Waals surface area (Å²) >= 11 is 0. The molecule has 1 N–H and O–H groups in total. The van der Waals surface area contributed by atoms with E-state index in [9.17, 15) is 13.5 Å². The summed E-state index contributed by atoms with van der Waals surface area (Å²) in [5.74, 6) is 0.0610. The van der Waals surface area contributed by atoms with E-state index in [2.05, 4.69) is 0 Å². The molecule has 1 aromatic rings. The zero-order chi connectivity index (χ0) is 12.5. The standard InChI is InChI=1S/C10H13ClO4S/c1-6-7(2)10(12)8(4-9(6)15-3)5-16(11,13)14/h4,12H,5H2,1-3H3. The molecule has 6 heteroatoms. The van der Waals surface area contributed by atoms with Gasteiger partial charge >= 0.3 is 0 Å². The van der Waals surface area contributed by atoms with Gasteiger partial charge in [-0.1, -0.05) is 0 Å². The number of halogens is 1. The lowest BCUT2D eigenvalue weighted by molar-refractivity contribution is 0.406. The van der Waals surface area contributed by atoms with E-state index in [-0.39, 0.29) is 11.3 Å². The first kappa shape index (κ1) is 13.1. The highest BCUT2D eigenvalue weighted by Gasteiger charge is 2.16. The number of benzene rings is 1. The van der Waals surface area contributed by atoms with E-state index in [1.807, 2.05) is 0 Å². The van der Waals surface area contributed by atoms with Crippen LogP contribution in [-0.2, 0) is 14.8 Å². The van der Waals surface area contributed by atoms with E-state index in [1.54, 1.807) is 13.8 Å². The van der Waals surface area contributed by atoms with Crippen LogP contribution in [0.15, 0.2) is 6.07 Å². The van der Waals surface area contributed by atoms with E-state index in [0.717, 1.165) is 5.56 Å². The molecule has 0 saturated carbocycles. The molecule has 0 aromatic heterocycles. The Morgan fingerprint density at radius 1 is 1.38 bits per heavy atom. The molecule has 16 heavy (non-hydrogen) atoms. The normalized spacial score (nSPS) is 11.5. The van der Waals surface area contributed by atoms with Gasteiger partial charge in [0.2, 0.25) is 9.05 Å². The molecule has 1 rings (SSSR count). The number of aromatic hydroxyl groups is 1. The van der Waals surface area contributed by atoms with Crippen LogP contribution < -0.4 is 4.74 Å². The molecular formula is C10H13ClO4S. The first-order valence-corrected chi connectivity index (χ1v) is 7.02. The zero-order valence-electron chi connectivity index (χ0n) is 9.24. The Balaban J connectivity index is 3.36. The van der Waals surface area contributed by atoms with Crippen molar-refractivity contribution in [3.05, 3.63) is 22.8 Å². The molecule has 0 radical (unpaired) electrons. The fourth-order valence-electron chi connectivity index (χ4n) is 1.45. The van der Waals surface area contributed by atoms with E-state index in [1.165, 1.54) is 13.2 Å². The number of rotatable bonds is 3. The number of hydrogen-bond donors (Lipinski definition) is 1. The molecule has 0 fully saturated rings. The van der Waals surface area contributed by atoms with Crippen molar-refractivity contribution in [3.63, 3.8) is 0 Å². The Labute approximate surface area is 99.2 Å². The molecule has 0 spiro atoms. The molecular weight excluding hydrogens is 252 g/mol. The lowest BCUT2D eigenvalue weighted by Gasteiger charge is -2.13. The summed E-state index contributed by atoms with van der Waals surface area (Å²) in [5.41, 5.74) is 1.61. The van der Waals surface area contributed by atoms with E-state index in [4.69, 9.17) is 15.4 Å². The average Bonchev–Trinajstić information content (AvgIpc) is 2.17. The minimum absolute atomic E-state index is 0.0532. The number of phenols is 1. The van der Waals surface area contributed by atoms with Gasteiger partial charge in [-0.05, 0) is 31.0 Å². The quantitative estimate of drug-likeness (QED) is 0.849.